The van der Waals surface area contributed by atoms with Gasteiger partial charge in [0.05, 0.1) is 36.0 Å². The molecule has 4 aromatic carbocycles. The minimum atomic E-state index is -5.32. The molecule has 0 heterocycles. The number of hydrogen-bond acceptors (Lipinski definition) is 23. The molecule has 3 aliphatic carbocycles. The third-order valence-electron chi connectivity index (χ3n) is 22.4. The van der Waals surface area contributed by atoms with Gasteiger partial charge >= 0.3 is 120 Å². The zero-order valence-electron chi connectivity index (χ0n) is 77.9. The molecule has 3 aliphatic rings. The van der Waals surface area contributed by atoms with E-state index in [2.05, 4.69) is 6.92 Å². The van der Waals surface area contributed by atoms with Gasteiger partial charge in [-0.25, -0.2) is 9.59 Å². The van der Waals surface area contributed by atoms with Crippen molar-refractivity contribution in [2.45, 2.75) is 261 Å². The van der Waals surface area contributed by atoms with E-state index in [4.69, 9.17) is 71.5 Å². The van der Waals surface area contributed by atoms with Crippen molar-refractivity contribution < 1.29 is 199 Å². The second-order valence-corrected chi connectivity index (χ2v) is 38.5. The van der Waals surface area contributed by atoms with E-state index >= 15 is 0 Å². The predicted octanol–water partition coefficient (Wildman–Crippen LogP) is 15.5. The molecule has 1 saturated carbocycles. The average molecular weight is 2080 g/mol. The van der Waals surface area contributed by atoms with Gasteiger partial charge in [-0.3, -0.25) is 81.5 Å². The maximum Gasteiger partial charge on any atom is 0.471 e. The van der Waals surface area contributed by atoms with Crippen molar-refractivity contribution >= 4 is 158 Å². The number of rotatable bonds is 52. The number of ketones is 1. The first-order valence-electron chi connectivity index (χ1n) is 44.5. The number of halogens is 6. The van der Waals surface area contributed by atoms with Crippen molar-refractivity contribution in [2.24, 2.45) is 40.9 Å². The zero-order chi connectivity index (χ0) is 108. The third-order valence-corrected chi connectivity index (χ3v) is 27.3. The van der Waals surface area contributed by atoms with Crippen molar-refractivity contribution in [2.75, 3.05) is 16.6 Å². The summed E-state index contributed by atoms with van der Waals surface area (Å²) in [6.07, 6.45) is 11.1. The number of benzene rings is 4. The molecule has 0 spiro atoms. The number of Topliss-reactive ketones (excluding diaryl/α,β-unsaturated/α-hetero) is 1. The Hall–Kier alpha value is -12.0. The number of carboxylic acid groups (broad SMARTS) is 16. The minimum Gasteiger partial charge on any atom is -0.481 e. The maximum absolute atomic E-state index is 12.1. The lowest BCUT2D eigenvalue weighted by Gasteiger charge is -2.25. The number of fused-ring (bicyclic) bond motifs is 2. The van der Waals surface area contributed by atoms with E-state index in [9.17, 15) is 128 Å². The van der Waals surface area contributed by atoms with Crippen LogP contribution in [-0.4, -0.2) is 246 Å². The van der Waals surface area contributed by atoms with Crippen LogP contribution in [0.1, 0.15) is 246 Å². The molecule has 37 nitrogen and oxygen atoms in total. The Labute approximate surface area is 824 Å². The molecule has 18 N–H and O–H groups in total. The molecule has 2 amide bonds. The number of carboxylic acids is 16. The molecule has 141 heavy (non-hydrogen) atoms. The van der Waals surface area contributed by atoms with Gasteiger partial charge in [-0.15, -0.1) is 23.5 Å². The predicted molar refractivity (Wildman–Crippen MR) is 503 cm³/mol. The van der Waals surface area contributed by atoms with E-state index in [1.54, 1.807) is 57.2 Å². The van der Waals surface area contributed by atoms with Crippen LogP contribution in [0, 0.1) is 40.9 Å². The molecule has 47 heteroatoms. The Bertz CT molecular complexity index is 4570. The SMILES string of the molecule is CC(=O)C(C)(CCC(=O)O)CCC(=O)O.CC(SCSC(C)C(=O)O)C(=O)O.CCCCCCCCCCCCCCCCC(C(=O)O)C(=O)O.O=C(O)C(C(=O)O)C1CCc2ccccc21.O=C(O)C1c2ccccc2C(c2ccccc2)C1C(=O)O.O=C(O)CC(Cc1ccccc1)C(=O)O.O=C(O)[C@@H]1CCCC[C@H]1C(=O)O.O=C(O)[C@H](CSSC[C@H](NC(=O)C(F)(F)F)C(=O)O)NC(=O)C(F)(F)F. The fourth-order valence-electron chi connectivity index (χ4n) is 14.3. The molecule has 0 bridgehead atoms. The number of carbonyl (C=O) groups excluding carboxylic acids is 3. The summed E-state index contributed by atoms with van der Waals surface area (Å²) in [4.78, 5) is 205. The van der Waals surface area contributed by atoms with Crippen molar-refractivity contribution in [3.63, 3.8) is 0 Å². The maximum atomic E-state index is 12.1. The van der Waals surface area contributed by atoms with Crippen molar-refractivity contribution in [1.29, 1.82) is 0 Å². The Morgan fingerprint density at radius 1 is 0.418 bits per heavy atom. The summed E-state index contributed by atoms with van der Waals surface area (Å²) < 4.78 is 72.4. The van der Waals surface area contributed by atoms with Gasteiger partial charge in [0.25, 0.3) is 0 Å². The van der Waals surface area contributed by atoms with Crippen LogP contribution in [0.4, 0.5) is 26.3 Å². The molecule has 0 saturated heterocycles. The largest absolute Gasteiger partial charge is 0.481 e. The molecular formula is C94H124F6N2O35S4. The van der Waals surface area contributed by atoms with Gasteiger partial charge in [0.2, 0.25) is 0 Å². The first-order chi connectivity index (χ1) is 65.9. The number of carbonyl (C=O) groups is 19. The van der Waals surface area contributed by atoms with E-state index in [0.717, 1.165) is 59.9 Å². The number of aliphatic carboxylic acids is 16. The van der Waals surface area contributed by atoms with E-state index in [1.165, 1.54) is 112 Å². The zero-order valence-corrected chi connectivity index (χ0v) is 81.2. The molecule has 11 atom stereocenters. The van der Waals surface area contributed by atoms with Gasteiger partial charge < -0.3 is 92.3 Å². The fraction of sp³-hybridized carbons (Fsp3) is 0.543. The lowest BCUT2D eigenvalue weighted by molar-refractivity contribution is -0.175. The highest BCUT2D eigenvalue weighted by Gasteiger charge is 2.50. The van der Waals surface area contributed by atoms with Crippen LogP contribution in [0.2, 0.25) is 0 Å². The summed E-state index contributed by atoms with van der Waals surface area (Å²) in [5, 5.41) is 143. The summed E-state index contributed by atoms with van der Waals surface area (Å²) in [7, 11) is 0.961. The number of amides is 2. The molecule has 4 aromatic rings. The standard InChI is InChI=1S/C19H36O4.C17H14O4.C12H12O4.C11H12O4.C10H10F6N2O6S2.C10H16O5.C8H12O4.C7H12O4S2/c1-2-3-4-5-6-7-8-9-10-11-12-13-14-15-16-17(18(20)21)19(22)23;18-16(19)14-12-9-5-4-8-11(12)13(15(14)17(20)21)10-6-2-1-3-7-10;13-11(14)10(12(15)16)9-6-5-7-3-1-2-4-8(7)9;12-10(13)7-9(11(14)15)6-8-4-2-1-3-5-8;11-9(12,13)7(23)17-3(5(19)20)1-25-26-2-4(6(21)22)18-8(24)10(14,15)16;1-7(11)10(2,5-3-8(12)13)6-4-9(14)15;9-7(10)5-3-1-2-4-6(5)8(11)12;1-4(6(8)9)12-3-13-5(2)7(10)11/h17H,2-16H2,1H3,(H,20,21)(H,22,23);1-9,13-15H,(H,18,19)(H,20,21);1-4,9-10H,5-6H2,(H,13,14)(H,15,16);1-5,9H,6-7H2,(H,12,13)(H,14,15);3-4H,1-2H2,(H,17,23)(H,18,24)(H,19,20)(H,21,22);3-6H2,1-2H3,(H,12,13)(H,14,15);5-6H,1-4H2,(H,9,10)(H,11,12);4-5H,3H2,1-2H3,(H,8,9)(H,10,11)/t;;;;3-,4-;;5-,6-;/m....0.1./s1. The van der Waals surface area contributed by atoms with Crippen LogP contribution < -0.4 is 10.6 Å². The van der Waals surface area contributed by atoms with Gasteiger partial charge in [0.1, 0.15) is 28.4 Å². The van der Waals surface area contributed by atoms with E-state index in [1.807, 2.05) is 72.8 Å². The van der Waals surface area contributed by atoms with E-state index < -0.39 is 212 Å². The third kappa shape index (κ3) is 52.4. The summed E-state index contributed by atoms with van der Waals surface area (Å²) >= 11 is 2.46. The van der Waals surface area contributed by atoms with Gasteiger partial charge in [-0.1, -0.05) is 247 Å². The Morgan fingerprint density at radius 2 is 0.801 bits per heavy atom. The van der Waals surface area contributed by atoms with Crippen molar-refractivity contribution in [1.82, 2.24) is 10.6 Å². The smallest absolute Gasteiger partial charge is 0.471 e. The second-order valence-electron chi connectivity index (χ2n) is 32.9. The highest BCUT2D eigenvalue weighted by atomic mass is 33.1. The van der Waals surface area contributed by atoms with Crippen LogP contribution in [0.15, 0.2) is 109 Å². The highest BCUT2D eigenvalue weighted by molar-refractivity contribution is 8.76. The molecule has 7 rings (SSSR count). The van der Waals surface area contributed by atoms with Crippen LogP contribution in [-0.2, 0) is 104 Å². The average Bonchev–Trinajstić information content (AvgIpc) is 1.59. The monoisotopic (exact) mass is 2080 g/mol. The summed E-state index contributed by atoms with van der Waals surface area (Å²) in [5.74, 6) is -32.6. The second kappa shape index (κ2) is 68.2. The lowest BCUT2D eigenvalue weighted by atomic mass is 9.78. The molecule has 0 aromatic heterocycles. The molecule has 786 valence electrons. The Morgan fingerprint density at radius 3 is 1.14 bits per heavy atom. The molecular weight excluding hydrogens is 1960 g/mol. The Balaban J connectivity index is 0.00000161. The van der Waals surface area contributed by atoms with E-state index in [0.29, 0.717) is 57.9 Å². The fourth-order valence-corrected chi connectivity index (χ4v) is 18.9. The minimum absolute atomic E-state index is 0.115. The normalized spacial score (nSPS) is 16.4. The van der Waals surface area contributed by atoms with Crippen LogP contribution in [0.3, 0.4) is 0 Å². The van der Waals surface area contributed by atoms with Gasteiger partial charge in [0, 0.05) is 46.7 Å². The lowest BCUT2D eigenvalue weighted by Crippen LogP contribution is -2.48. The summed E-state index contributed by atoms with van der Waals surface area (Å²) in [6, 6.07) is 28.9. The van der Waals surface area contributed by atoms with Crippen LogP contribution in [0.5, 0.6) is 0 Å². The molecule has 0 radical (unpaired) electrons. The molecule has 7 unspecified atom stereocenters. The topological polar surface area (TPSA) is 672 Å². The number of nitrogens with one attached hydrogen (secondary N) is 2. The van der Waals surface area contributed by atoms with Crippen molar-refractivity contribution in [3.05, 3.63) is 143 Å². The summed E-state index contributed by atoms with van der Waals surface area (Å²) in [6.45, 7) is 8.39. The number of aryl methyl sites for hydroxylation is 1. The van der Waals surface area contributed by atoms with Crippen LogP contribution >= 0.6 is 45.1 Å². The quantitative estimate of drug-likeness (QED) is 0.00642. The van der Waals surface area contributed by atoms with Gasteiger partial charge in [-0.05, 0) is 106 Å². The number of alkyl halides is 6. The first-order valence-corrected chi connectivity index (χ1v) is 49.1. The first kappa shape index (κ1) is 129. The van der Waals surface area contributed by atoms with Gasteiger partial charge in [0.15, 0.2) is 11.8 Å². The number of thioether (sulfide) groups is 2. The molecule has 0 aliphatic heterocycles. The number of hydrogen-bond donors (Lipinski definition) is 18. The molecule has 1 fully saturated rings. The van der Waals surface area contributed by atoms with E-state index in [-0.39, 0.29) is 50.7 Å². The van der Waals surface area contributed by atoms with Gasteiger partial charge in [-0.2, -0.15) is 26.3 Å². The Kier molecular flexibility index (Phi) is 62.4. The number of unbranched alkanes of at least 4 members (excludes halogenated alkanes) is 13. The van der Waals surface area contributed by atoms with Crippen molar-refractivity contribution in [3.8, 4) is 0 Å². The summed E-state index contributed by atoms with van der Waals surface area (Å²) in [5.41, 5.74) is 4.18. The highest BCUT2D eigenvalue weighted by Crippen LogP contribution is 2.50. The van der Waals surface area contributed by atoms with Crippen LogP contribution in [0.25, 0.3) is 0 Å².